The normalized spacial score (nSPS) is 11.6. The van der Waals surface area contributed by atoms with Crippen LogP contribution in [0.3, 0.4) is 0 Å². The van der Waals surface area contributed by atoms with Gasteiger partial charge in [-0.1, -0.05) is 6.07 Å². The van der Waals surface area contributed by atoms with Crippen molar-refractivity contribution >= 4 is 37.5 Å². The van der Waals surface area contributed by atoms with Gasteiger partial charge in [0.1, 0.15) is 11.5 Å². The fraction of sp³-hybridized carbons (Fsp3) is 0.0500. The lowest BCUT2D eigenvalue weighted by molar-refractivity contribution is 0.414. The third-order valence-corrected chi connectivity index (χ3v) is 5.81. The first-order valence-corrected chi connectivity index (χ1v) is 9.82. The number of anilines is 1. The summed E-state index contributed by atoms with van der Waals surface area (Å²) in [4.78, 5) is 15.9. The van der Waals surface area contributed by atoms with Crippen LogP contribution in [0, 0.1) is 0 Å². The number of aromatic hydroxyl groups is 1. The van der Waals surface area contributed by atoms with Gasteiger partial charge >= 0.3 is 0 Å². The molecule has 0 aliphatic rings. The van der Waals surface area contributed by atoms with Crippen molar-refractivity contribution < 1.29 is 18.3 Å². The summed E-state index contributed by atoms with van der Waals surface area (Å²) in [5.74, 6) is 0.540. The van der Waals surface area contributed by atoms with E-state index < -0.39 is 10.0 Å². The first-order chi connectivity index (χ1) is 13.4. The van der Waals surface area contributed by atoms with Gasteiger partial charge in [0.05, 0.1) is 28.7 Å². The standard InChI is InChI=1S/C20H16N2O5S/c1-27-13-6-8-14(9-7-13)28(25,26)22-17-4-2-3-16-19(17)21-18-11-12(23)5-10-15(18)20(16)24/h2-11,22-23H,1H3,(H,21,24). The highest BCUT2D eigenvalue weighted by molar-refractivity contribution is 7.92. The van der Waals surface area contributed by atoms with Crippen molar-refractivity contribution in [2.75, 3.05) is 11.8 Å². The Balaban J connectivity index is 1.86. The van der Waals surface area contributed by atoms with Crippen LogP contribution in [0.5, 0.6) is 11.5 Å². The molecule has 4 rings (SSSR count). The number of sulfonamides is 1. The average Bonchev–Trinajstić information content (AvgIpc) is 2.68. The molecule has 3 N–H and O–H groups in total. The molecule has 0 bridgehead atoms. The molecule has 0 saturated carbocycles. The van der Waals surface area contributed by atoms with Crippen LogP contribution in [0.4, 0.5) is 5.69 Å². The fourth-order valence-electron chi connectivity index (χ4n) is 3.03. The molecule has 1 aromatic heterocycles. The Bertz CT molecular complexity index is 1360. The Morgan fingerprint density at radius 3 is 2.46 bits per heavy atom. The van der Waals surface area contributed by atoms with Gasteiger partial charge in [-0.05, 0) is 48.5 Å². The summed E-state index contributed by atoms with van der Waals surface area (Å²) < 4.78 is 33.1. The lowest BCUT2D eigenvalue weighted by Crippen LogP contribution is -2.14. The summed E-state index contributed by atoms with van der Waals surface area (Å²) in [6.45, 7) is 0. The van der Waals surface area contributed by atoms with E-state index in [-0.39, 0.29) is 21.8 Å². The highest BCUT2D eigenvalue weighted by Gasteiger charge is 2.17. The summed E-state index contributed by atoms with van der Waals surface area (Å²) in [5.41, 5.74) is 0.723. The van der Waals surface area contributed by atoms with E-state index in [1.165, 1.54) is 37.4 Å². The second kappa shape index (κ2) is 6.58. The van der Waals surface area contributed by atoms with E-state index in [4.69, 9.17) is 4.74 Å². The van der Waals surface area contributed by atoms with Crippen LogP contribution in [0.15, 0.2) is 70.4 Å². The van der Waals surface area contributed by atoms with Crippen molar-refractivity contribution in [3.8, 4) is 11.5 Å². The van der Waals surface area contributed by atoms with Crippen molar-refractivity contribution in [1.82, 2.24) is 4.98 Å². The number of phenolic OH excluding ortho intramolecular Hbond substituents is 1. The molecule has 0 radical (unpaired) electrons. The van der Waals surface area contributed by atoms with Gasteiger partial charge in [-0.3, -0.25) is 9.52 Å². The van der Waals surface area contributed by atoms with Crippen molar-refractivity contribution in [2.45, 2.75) is 4.90 Å². The second-order valence-electron chi connectivity index (χ2n) is 6.19. The molecule has 7 nitrogen and oxygen atoms in total. The minimum absolute atomic E-state index is 0.00112. The van der Waals surface area contributed by atoms with Gasteiger partial charge in [-0.25, -0.2) is 8.42 Å². The molecular formula is C20H16N2O5S. The number of hydrogen-bond donors (Lipinski definition) is 3. The maximum absolute atomic E-state index is 12.8. The molecule has 8 heteroatoms. The largest absolute Gasteiger partial charge is 0.508 e. The van der Waals surface area contributed by atoms with E-state index in [0.717, 1.165) is 0 Å². The minimum atomic E-state index is -3.88. The highest BCUT2D eigenvalue weighted by atomic mass is 32.2. The molecule has 3 aromatic carbocycles. The van der Waals surface area contributed by atoms with Gasteiger partial charge < -0.3 is 14.8 Å². The number of aromatic amines is 1. The summed E-state index contributed by atoms with van der Waals surface area (Å²) in [6, 6.07) is 15.1. The van der Waals surface area contributed by atoms with Crippen LogP contribution in [-0.4, -0.2) is 25.6 Å². The molecule has 0 unspecified atom stereocenters. The number of pyridine rings is 1. The summed E-state index contributed by atoms with van der Waals surface area (Å²) in [6.07, 6.45) is 0. The van der Waals surface area contributed by atoms with Crippen LogP contribution < -0.4 is 14.9 Å². The summed E-state index contributed by atoms with van der Waals surface area (Å²) in [7, 11) is -2.38. The second-order valence-corrected chi connectivity index (χ2v) is 7.88. The summed E-state index contributed by atoms with van der Waals surface area (Å²) in [5, 5.41) is 10.4. The predicted molar refractivity (Wildman–Crippen MR) is 108 cm³/mol. The first kappa shape index (κ1) is 17.9. The molecule has 28 heavy (non-hydrogen) atoms. The van der Waals surface area contributed by atoms with E-state index in [9.17, 15) is 18.3 Å². The molecular weight excluding hydrogens is 380 g/mol. The average molecular weight is 396 g/mol. The van der Waals surface area contributed by atoms with Crippen LogP contribution in [-0.2, 0) is 10.0 Å². The van der Waals surface area contributed by atoms with Gasteiger partial charge in [0.25, 0.3) is 10.0 Å². The Kier molecular flexibility index (Phi) is 4.20. The molecule has 0 spiro atoms. The minimum Gasteiger partial charge on any atom is -0.508 e. The Morgan fingerprint density at radius 1 is 1.00 bits per heavy atom. The maximum atomic E-state index is 12.8. The Hall–Kier alpha value is -3.52. The number of benzene rings is 3. The lowest BCUT2D eigenvalue weighted by Gasteiger charge is -2.12. The van der Waals surface area contributed by atoms with E-state index in [1.807, 2.05) is 0 Å². The highest BCUT2D eigenvalue weighted by Crippen LogP contribution is 2.26. The van der Waals surface area contributed by atoms with Crippen LogP contribution in [0.25, 0.3) is 21.8 Å². The first-order valence-electron chi connectivity index (χ1n) is 8.34. The molecule has 0 aliphatic carbocycles. The molecule has 0 amide bonds. The number of H-pyrrole nitrogens is 1. The third-order valence-electron chi connectivity index (χ3n) is 4.43. The number of hydrogen-bond acceptors (Lipinski definition) is 5. The molecule has 4 aromatic rings. The topological polar surface area (TPSA) is 108 Å². The van der Waals surface area contributed by atoms with Crippen LogP contribution >= 0.6 is 0 Å². The van der Waals surface area contributed by atoms with E-state index >= 15 is 0 Å². The quantitative estimate of drug-likeness (QED) is 0.459. The van der Waals surface area contributed by atoms with Gasteiger partial charge in [0.2, 0.25) is 0 Å². The number of methoxy groups -OCH3 is 1. The third kappa shape index (κ3) is 3.03. The molecule has 0 fully saturated rings. The zero-order valence-corrected chi connectivity index (χ0v) is 15.6. The van der Waals surface area contributed by atoms with Crippen molar-refractivity contribution in [3.05, 3.63) is 70.9 Å². The number of para-hydroxylation sites is 1. The SMILES string of the molecule is COc1ccc(S(=O)(=O)Nc2cccc3c(=O)c4ccc(O)cc4[nH]c23)cc1. The zero-order chi connectivity index (χ0) is 19.9. The molecule has 0 saturated heterocycles. The molecule has 142 valence electrons. The number of nitrogens with one attached hydrogen (secondary N) is 2. The van der Waals surface area contributed by atoms with Crippen molar-refractivity contribution in [1.29, 1.82) is 0 Å². The van der Waals surface area contributed by atoms with Crippen LogP contribution in [0.2, 0.25) is 0 Å². The van der Waals surface area contributed by atoms with E-state index in [1.54, 1.807) is 30.3 Å². The van der Waals surface area contributed by atoms with Gasteiger partial charge in [0.15, 0.2) is 5.43 Å². The number of ether oxygens (including phenoxy) is 1. The summed E-state index contributed by atoms with van der Waals surface area (Å²) >= 11 is 0. The molecule has 0 atom stereocenters. The predicted octanol–water partition coefficient (Wildman–Crippen LogP) is 3.20. The fourth-order valence-corrected chi connectivity index (χ4v) is 4.11. The zero-order valence-electron chi connectivity index (χ0n) is 14.8. The van der Waals surface area contributed by atoms with Crippen molar-refractivity contribution in [2.24, 2.45) is 0 Å². The lowest BCUT2D eigenvalue weighted by atomic mass is 10.1. The number of aromatic nitrogens is 1. The number of rotatable bonds is 4. The number of phenols is 1. The van der Waals surface area contributed by atoms with E-state index in [2.05, 4.69) is 9.71 Å². The number of fused-ring (bicyclic) bond motifs is 2. The monoisotopic (exact) mass is 396 g/mol. The maximum Gasteiger partial charge on any atom is 0.261 e. The van der Waals surface area contributed by atoms with Gasteiger partial charge in [-0.2, -0.15) is 0 Å². The van der Waals surface area contributed by atoms with Crippen LogP contribution in [0.1, 0.15) is 0 Å². The Morgan fingerprint density at radius 2 is 1.75 bits per heavy atom. The van der Waals surface area contributed by atoms with Crippen molar-refractivity contribution in [3.63, 3.8) is 0 Å². The van der Waals surface area contributed by atoms with Gasteiger partial charge in [-0.15, -0.1) is 0 Å². The smallest absolute Gasteiger partial charge is 0.261 e. The molecule has 1 heterocycles. The van der Waals surface area contributed by atoms with Gasteiger partial charge in [0, 0.05) is 16.8 Å². The Labute approximate surface area is 160 Å². The van der Waals surface area contributed by atoms with E-state index in [0.29, 0.717) is 27.6 Å². The molecule has 0 aliphatic heterocycles.